The Morgan fingerprint density at radius 1 is 1.08 bits per heavy atom. The van der Waals surface area contributed by atoms with Crippen LogP contribution in [0.25, 0.3) is 0 Å². The van der Waals surface area contributed by atoms with Gasteiger partial charge in [-0.2, -0.15) is 0 Å². The summed E-state index contributed by atoms with van der Waals surface area (Å²) in [6.07, 6.45) is 1.16. The number of halogens is 2. The molecule has 1 heterocycles. The zero-order valence-corrected chi connectivity index (χ0v) is 14.7. The highest BCUT2D eigenvalue weighted by Crippen LogP contribution is 2.30. The van der Waals surface area contributed by atoms with Gasteiger partial charge in [-0.05, 0) is 43.2 Å². The molecule has 3 rings (SSSR count). The molecular weight excluding hydrogens is 363 g/mol. The third-order valence-corrected chi connectivity index (χ3v) is 4.63. The van der Waals surface area contributed by atoms with E-state index in [2.05, 4.69) is 10.6 Å². The first kappa shape index (κ1) is 17.7. The van der Waals surface area contributed by atoms with Gasteiger partial charge in [-0.1, -0.05) is 35.3 Å². The van der Waals surface area contributed by atoms with Crippen molar-refractivity contribution >= 4 is 46.4 Å². The zero-order chi connectivity index (χ0) is 17.8. The van der Waals surface area contributed by atoms with Crippen LogP contribution >= 0.6 is 23.2 Å². The standard InChI is InChI=1S/C18H16Cl2N2O3/c19-13-6-2-7-14(16(13)20)22-17(23)11-4-1-5-12(10-11)21-18(24)15-8-3-9-25-15/h1-2,4-7,10,15H,3,8-9H2,(H,21,24)(H,22,23). The maximum absolute atomic E-state index is 12.4. The number of ether oxygens (including phenoxy) is 1. The molecule has 0 spiro atoms. The molecule has 2 aromatic carbocycles. The Morgan fingerprint density at radius 3 is 2.64 bits per heavy atom. The molecule has 0 aliphatic carbocycles. The van der Waals surface area contributed by atoms with Crippen LogP contribution in [0.3, 0.4) is 0 Å². The lowest BCUT2D eigenvalue weighted by molar-refractivity contribution is -0.124. The van der Waals surface area contributed by atoms with Crippen molar-refractivity contribution in [2.24, 2.45) is 0 Å². The molecule has 1 saturated heterocycles. The molecule has 0 aromatic heterocycles. The number of benzene rings is 2. The first-order valence-corrected chi connectivity index (χ1v) is 8.58. The van der Waals surface area contributed by atoms with Gasteiger partial charge in [-0.3, -0.25) is 9.59 Å². The van der Waals surface area contributed by atoms with E-state index in [1.165, 1.54) is 0 Å². The summed E-state index contributed by atoms with van der Waals surface area (Å²) in [5, 5.41) is 6.12. The van der Waals surface area contributed by atoms with E-state index in [-0.39, 0.29) is 16.8 Å². The smallest absolute Gasteiger partial charge is 0.255 e. The summed E-state index contributed by atoms with van der Waals surface area (Å²) in [5.74, 6) is -0.551. The number of carbonyl (C=O) groups excluding carboxylic acids is 2. The summed E-state index contributed by atoms with van der Waals surface area (Å²) in [6.45, 7) is 0.598. The van der Waals surface area contributed by atoms with Crippen molar-refractivity contribution < 1.29 is 14.3 Å². The number of anilines is 2. The molecule has 2 aromatic rings. The quantitative estimate of drug-likeness (QED) is 0.829. The van der Waals surface area contributed by atoms with Crippen LogP contribution in [0.1, 0.15) is 23.2 Å². The topological polar surface area (TPSA) is 67.4 Å². The first-order chi connectivity index (χ1) is 12.0. The van der Waals surface area contributed by atoms with Crippen molar-refractivity contribution in [2.75, 3.05) is 17.2 Å². The average molecular weight is 379 g/mol. The third-order valence-electron chi connectivity index (χ3n) is 3.81. The second-order valence-electron chi connectivity index (χ2n) is 5.63. The van der Waals surface area contributed by atoms with Gasteiger partial charge in [-0.25, -0.2) is 0 Å². The molecule has 0 bridgehead atoms. The first-order valence-electron chi connectivity index (χ1n) is 7.82. The maximum atomic E-state index is 12.4. The average Bonchev–Trinajstić information content (AvgIpc) is 3.14. The Balaban J connectivity index is 1.71. The van der Waals surface area contributed by atoms with Gasteiger partial charge < -0.3 is 15.4 Å². The van der Waals surface area contributed by atoms with E-state index in [4.69, 9.17) is 27.9 Å². The number of carbonyl (C=O) groups is 2. The van der Waals surface area contributed by atoms with Crippen LogP contribution in [-0.2, 0) is 9.53 Å². The summed E-state index contributed by atoms with van der Waals surface area (Å²) in [5.41, 5.74) is 1.35. The number of hydrogen-bond donors (Lipinski definition) is 2. The van der Waals surface area contributed by atoms with Crippen LogP contribution in [0, 0.1) is 0 Å². The monoisotopic (exact) mass is 378 g/mol. The lowest BCUT2D eigenvalue weighted by Gasteiger charge is -2.12. The number of rotatable bonds is 4. The molecule has 0 radical (unpaired) electrons. The highest BCUT2D eigenvalue weighted by Gasteiger charge is 2.23. The number of hydrogen-bond acceptors (Lipinski definition) is 3. The van der Waals surface area contributed by atoms with E-state index in [0.717, 1.165) is 6.42 Å². The molecule has 2 amide bonds. The molecule has 5 nitrogen and oxygen atoms in total. The van der Waals surface area contributed by atoms with Crippen LogP contribution in [0.15, 0.2) is 42.5 Å². The van der Waals surface area contributed by atoms with Gasteiger partial charge in [0, 0.05) is 17.9 Å². The predicted octanol–water partition coefficient (Wildman–Crippen LogP) is 4.36. The predicted molar refractivity (Wildman–Crippen MR) is 98.5 cm³/mol. The van der Waals surface area contributed by atoms with E-state index in [1.807, 2.05) is 0 Å². The van der Waals surface area contributed by atoms with Crippen LogP contribution < -0.4 is 10.6 Å². The van der Waals surface area contributed by atoms with E-state index in [1.54, 1.807) is 42.5 Å². The zero-order valence-electron chi connectivity index (χ0n) is 13.2. The summed E-state index contributed by atoms with van der Waals surface area (Å²) >= 11 is 12.0. The van der Waals surface area contributed by atoms with Crippen LogP contribution in [0.5, 0.6) is 0 Å². The Kier molecular flexibility index (Phi) is 5.58. The molecule has 1 fully saturated rings. The third kappa shape index (κ3) is 4.31. The second-order valence-corrected chi connectivity index (χ2v) is 6.41. The van der Waals surface area contributed by atoms with Gasteiger partial charge in [-0.15, -0.1) is 0 Å². The van der Waals surface area contributed by atoms with Crippen molar-refractivity contribution in [3.63, 3.8) is 0 Å². The largest absolute Gasteiger partial charge is 0.368 e. The van der Waals surface area contributed by atoms with Gasteiger partial charge >= 0.3 is 0 Å². The minimum Gasteiger partial charge on any atom is -0.368 e. The highest BCUT2D eigenvalue weighted by molar-refractivity contribution is 6.44. The SMILES string of the molecule is O=C(Nc1cccc(Cl)c1Cl)c1cccc(NC(=O)C2CCCO2)c1. The van der Waals surface area contributed by atoms with Crippen molar-refractivity contribution in [1.29, 1.82) is 0 Å². The van der Waals surface area contributed by atoms with Crippen molar-refractivity contribution in [3.8, 4) is 0 Å². The van der Waals surface area contributed by atoms with Crippen LogP contribution in [0.2, 0.25) is 10.0 Å². The van der Waals surface area contributed by atoms with Crippen molar-refractivity contribution in [3.05, 3.63) is 58.1 Å². The molecule has 1 aliphatic rings. The maximum Gasteiger partial charge on any atom is 0.255 e. The molecule has 1 unspecified atom stereocenters. The minimum absolute atomic E-state index is 0.201. The van der Waals surface area contributed by atoms with Crippen LogP contribution in [0.4, 0.5) is 11.4 Å². The molecule has 1 aliphatic heterocycles. The molecule has 7 heteroatoms. The van der Waals surface area contributed by atoms with Crippen LogP contribution in [-0.4, -0.2) is 24.5 Å². The summed E-state index contributed by atoms with van der Waals surface area (Å²) in [6, 6.07) is 11.7. The number of nitrogens with one attached hydrogen (secondary N) is 2. The second kappa shape index (κ2) is 7.87. The molecule has 0 saturated carbocycles. The lowest BCUT2D eigenvalue weighted by atomic mass is 10.1. The van der Waals surface area contributed by atoms with E-state index >= 15 is 0 Å². The van der Waals surface area contributed by atoms with Gasteiger partial charge in [0.2, 0.25) is 0 Å². The fourth-order valence-electron chi connectivity index (χ4n) is 2.54. The number of amides is 2. The van der Waals surface area contributed by atoms with Gasteiger partial charge in [0.25, 0.3) is 11.8 Å². The summed E-state index contributed by atoms with van der Waals surface area (Å²) in [7, 11) is 0. The minimum atomic E-state index is -0.428. The van der Waals surface area contributed by atoms with E-state index in [9.17, 15) is 9.59 Å². The molecule has 25 heavy (non-hydrogen) atoms. The fraction of sp³-hybridized carbons (Fsp3) is 0.222. The van der Waals surface area contributed by atoms with E-state index in [0.29, 0.717) is 35.0 Å². The van der Waals surface area contributed by atoms with E-state index < -0.39 is 6.10 Å². The fourth-order valence-corrected chi connectivity index (χ4v) is 2.89. The molecule has 1 atom stereocenters. The highest BCUT2D eigenvalue weighted by atomic mass is 35.5. The summed E-state index contributed by atoms with van der Waals surface area (Å²) in [4.78, 5) is 24.5. The van der Waals surface area contributed by atoms with Gasteiger partial charge in [0.1, 0.15) is 6.10 Å². The lowest BCUT2D eigenvalue weighted by Crippen LogP contribution is -2.27. The van der Waals surface area contributed by atoms with Gasteiger partial charge in [0.05, 0.1) is 15.7 Å². The Labute approximate surface area is 155 Å². The van der Waals surface area contributed by atoms with Crippen molar-refractivity contribution in [1.82, 2.24) is 0 Å². The Bertz CT molecular complexity index is 805. The molecular formula is C18H16Cl2N2O3. The van der Waals surface area contributed by atoms with Gasteiger partial charge in [0.15, 0.2) is 0 Å². The Morgan fingerprint density at radius 2 is 1.88 bits per heavy atom. The molecule has 130 valence electrons. The Hall–Kier alpha value is -2.08. The van der Waals surface area contributed by atoms with Crippen molar-refractivity contribution in [2.45, 2.75) is 18.9 Å². The summed E-state index contributed by atoms with van der Waals surface area (Å²) < 4.78 is 5.35. The molecule has 2 N–H and O–H groups in total. The normalized spacial score (nSPS) is 16.5.